The normalized spacial score (nSPS) is 24.1. The molecule has 2 unspecified atom stereocenters. The molecule has 2 aliphatic rings. The van der Waals surface area contributed by atoms with Crippen molar-refractivity contribution in [3.8, 4) is 23.0 Å². The van der Waals surface area contributed by atoms with Crippen molar-refractivity contribution >= 4 is 17.7 Å². The lowest BCUT2D eigenvalue weighted by Crippen LogP contribution is -2.55. The van der Waals surface area contributed by atoms with Gasteiger partial charge in [-0.05, 0) is 42.8 Å². The Bertz CT molecular complexity index is 971. The average Bonchev–Trinajstić information content (AvgIpc) is 3.28. The molecule has 1 saturated heterocycles. The Morgan fingerprint density at radius 3 is 2.66 bits per heavy atom. The zero-order chi connectivity index (χ0) is 22.7. The van der Waals surface area contributed by atoms with Gasteiger partial charge in [-0.2, -0.15) is 0 Å². The van der Waals surface area contributed by atoms with Gasteiger partial charge in [0.15, 0.2) is 29.2 Å². The summed E-state index contributed by atoms with van der Waals surface area (Å²) in [5.74, 6) is 1.84. The fourth-order valence-electron chi connectivity index (χ4n) is 3.61. The maximum Gasteiger partial charge on any atom is 0.253 e. The highest BCUT2D eigenvalue weighted by atomic mass is 32.2. The predicted octanol–water partition coefficient (Wildman–Crippen LogP) is 1.79. The SMILES string of the molecule is COc1ccc(SC2CC(O)[C@H](NC(=O)c3ccc4c(c3)OCO4)O[C@@H]2CO)cc1OC. The molecule has 3 N–H and O–H groups in total. The predicted molar refractivity (Wildman–Crippen MR) is 116 cm³/mol. The number of fused-ring (bicyclic) bond motifs is 1. The van der Waals surface area contributed by atoms with E-state index in [-0.39, 0.29) is 18.6 Å². The number of methoxy groups -OCH3 is 2. The van der Waals surface area contributed by atoms with Crippen molar-refractivity contribution in [1.82, 2.24) is 5.32 Å². The molecule has 1 amide bonds. The Balaban J connectivity index is 1.41. The summed E-state index contributed by atoms with van der Waals surface area (Å²) in [7, 11) is 3.12. The van der Waals surface area contributed by atoms with Crippen LogP contribution in [0.5, 0.6) is 23.0 Å². The van der Waals surface area contributed by atoms with Crippen LogP contribution in [0.1, 0.15) is 16.8 Å². The quantitative estimate of drug-likeness (QED) is 0.565. The zero-order valence-electron chi connectivity index (χ0n) is 17.6. The van der Waals surface area contributed by atoms with Crippen LogP contribution in [0, 0.1) is 0 Å². The fourth-order valence-corrected chi connectivity index (χ4v) is 4.88. The fraction of sp³-hybridized carbons (Fsp3) is 0.409. The number of ether oxygens (including phenoxy) is 5. The van der Waals surface area contributed by atoms with Crippen LogP contribution in [-0.4, -0.2) is 67.4 Å². The van der Waals surface area contributed by atoms with Gasteiger partial charge >= 0.3 is 0 Å². The van der Waals surface area contributed by atoms with Gasteiger partial charge in [0.05, 0.1) is 33.0 Å². The van der Waals surface area contributed by atoms with Crippen LogP contribution in [0.15, 0.2) is 41.3 Å². The summed E-state index contributed by atoms with van der Waals surface area (Å²) in [6.45, 7) is -0.143. The molecule has 1 fully saturated rings. The Labute approximate surface area is 189 Å². The third kappa shape index (κ3) is 4.73. The molecule has 32 heavy (non-hydrogen) atoms. The molecular formula is C22H25NO8S. The van der Waals surface area contributed by atoms with E-state index in [1.165, 1.54) is 11.8 Å². The number of hydrogen-bond donors (Lipinski definition) is 3. The number of carbonyl (C=O) groups excluding carboxylic acids is 1. The number of aliphatic hydroxyl groups is 2. The molecule has 2 aromatic carbocycles. The van der Waals surface area contributed by atoms with E-state index < -0.39 is 24.3 Å². The molecule has 2 aliphatic heterocycles. The molecular weight excluding hydrogens is 438 g/mol. The van der Waals surface area contributed by atoms with Crippen LogP contribution < -0.4 is 24.3 Å². The highest BCUT2D eigenvalue weighted by molar-refractivity contribution is 8.00. The molecule has 4 rings (SSSR count). The van der Waals surface area contributed by atoms with E-state index in [0.717, 1.165) is 4.90 Å². The Hall–Kier alpha value is -2.66. The molecule has 2 heterocycles. The summed E-state index contributed by atoms with van der Waals surface area (Å²) < 4.78 is 27.0. The summed E-state index contributed by atoms with van der Waals surface area (Å²) in [6, 6.07) is 10.3. The van der Waals surface area contributed by atoms with Crippen molar-refractivity contribution in [3.63, 3.8) is 0 Å². The summed E-state index contributed by atoms with van der Waals surface area (Å²) in [5.41, 5.74) is 0.354. The second kappa shape index (κ2) is 9.86. The molecule has 4 atom stereocenters. The number of nitrogens with one attached hydrogen (secondary N) is 1. The van der Waals surface area contributed by atoms with Crippen LogP contribution in [-0.2, 0) is 4.74 Å². The average molecular weight is 464 g/mol. The lowest BCUT2D eigenvalue weighted by atomic mass is 10.0. The van der Waals surface area contributed by atoms with Gasteiger partial charge < -0.3 is 39.2 Å². The van der Waals surface area contributed by atoms with Crippen LogP contribution >= 0.6 is 11.8 Å². The van der Waals surface area contributed by atoms with Crippen LogP contribution in [0.2, 0.25) is 0 Å². The number of rotatable bonds is 7. The Kier molecular flexibility index (Phi) is 6.95. The number of thioether (sulfide) groups is 1. The minimum Gasteiger partial charge on any atom is -0.493 e. The molecule has 10 heteroatoms. The molecule has 0 spiro atoms. The van der Waals surface area contributed by atoms with Crippen molar-refractivity contribution < 1.29 is 38.7 Å². The smallest absolute Gasteiger partial charge is 0.253 e. The minimum absolute atomic E-state index is 0.113. The van der Waals surface area contributed by atoms with Crippen molar-refractivity contribution in [1.29, 1.82) is 0 Å². The second-order valence-electron chi connectivity index (χ2n) is 7.30. The van der Waals surface area contributed by atoms with Gasteiger partial charge in [0.2, 0.25) is 6.79 Å². The van der Waals surface area contributed by atoms with Gasteiger partial charge in [-0.15, -0.1) is 11.8 Å². The van der Waals surface area contributed by atoms with Crippen LogP contribution in [0.25, 0.3) is 0 Å². The first-order valence-electron chi connectivity index (χ1n) is 10.1. The van der Waals surface area contributed by atoms with Crippen molar-refractivity contribution in [3.05, 3.63) is 42.0 Å². The van der Waals surface area contributed by atoms with Crippen LogP contribution in [0.4, 0.5) is 0 Å². The molecule has 0 aromatic heterocycles. The van der Waals surface area contributed by atoms with Gasteiger partial charge in [-0.25, -0.2) is 0 Å². The number of hydrogen-bond acceptors (Lipinski definition) is 9. The topological polar surface area (TPSA) is 116 Å². The number of aliphatic hydroxyl groups excluding tert-OH is 2. The molecule has 0 bridgehead atoms. The third-order valence-corrected chi connectivity index (χ3v) is 6.61. The Morgan fingerprint density at radius 2 is 1.91 bits per heavy atom. The lowest BCUT2D eigenvalue weighted by molar-refractivity contribution is -0.134. The van der Waals surface area contributed by atoms with Gasteiger partial charge in [0, 0.05) is 15.7 Å². The van der Waals surface area contributed by atoms with Gasteiger partial charge in [0.25, 0.3) is 5.91 Å². The summed E-state index contributed by atoms with van der Waals surface area (Å²) in [5, 5.41) is 23.0. The van der Waals surface area contributed by atoms with Crippen LogP contribution in [0.3, 0.4) is 0 Å². The first-order valence-corrected chi connectivity index (χ1v) is 10.9. The number of benzene rings is 2. The zero-order valence-corrected chi connectivity index (χ0v) is 18.5. The molecule has 172 valence electrons. The number of amides is 1. The van der Waals surface area contributed by atoms with E-state index >= 15 is 0 Å². The summed E-state index contributed by atoms with van der Waals surface area (Å²) in [4.78, 5) is 13.5. The highest BCUT2D eigenvalue weighted by Crippen LogP contribution is 2.38. The first kappa shape index (κ1) is 22.5. The lowest BCUT2D eigenvalue weighted by Gasteiger charge is -2.38. The maximum absolute atomic E-state index is 12.7. The van der Waals surface area contributed by atoms with Gasteiger partial charge in [0.1, 0.15) is 0 Å². The van der Waals surface area contributed by atoms with E-state index in [4.69, 9.17) is 23.7 Å². The largest absolute Gasteiger partial charge is 0.493 e. The van der Waals surface area contributed by atoms with E-state index in [1.807, 2.05) is 12.1 Å². The number of carbonyl (C=O) groups is 1. The molecule has 0 radical (unpaired) electrons. The Morgan fingerprint density at radius 1 is 1.12 bits per heavy atom. The first-order chi connectivity index (χ1) is 15.5. The van der Waals surface area contributed by atoms with Gasteiger partial charge in [-0.3, -0.25) is 4.79 Å². The molecule has 0 aliphatic carbocycles. The van der Waals surface area contributed by atoms with E-state index in [1.54, 1.807) is 38.5 Å². The molecule has 9 nitrogen and oxygen atoms in total. The standard InChI is InChI=1S/C22H25NO8S/c1-27-15-6-4-13(8-17(15)28-2)32-20-9-14(25)22(31-19(20)10-24)23-21(26)12-3-5-16-18(7-12)30-11-29-16/h3-8,14,19-20,22,24-25H,9-11H2,1-2H3,(H,23,26)/t14?,19-,20?,22-/m1/s1. The molecule has 0 saturated carbocycles. The minimum atomic E-state index is -0.952. The van der Waals surface area contributed by atoms with E-state index in [0.29, 0.717) is 35.0 Å². The van der Waals surface area contributed by atoms with E-state index in [9.17, 15) is 15.0 Å². The second-order valence-corrected chi connectivity index (χ2v) is 8.61. The summed E-state index contributed by atoms with van der Waals surface area (Å²) in [6.07, 6.45) is -2.17. The molecule has 2 aromatic rings. The monoisotopic (exact) mass is 463 g/mol. The van der Waals surface area contributed by atoms with Crippen molar-refractivity contribution in [2.24, 2.45) is 0 Å². The maximum atomic E-state index is 12.7. The summed E-state index contributed by atoms with van der Waals surface area (Å²) >= 11 is 1.46. The van der Waals surface area contributed by atoms with Crippen molar-refractivity contribution in [2.75, 3.05) is 27.6 Å². The van der Waals surface area contributed by atoms with E-state index in [2.05, 4.69) is 5.32 Å². The van der Waals surface area contributed by atoms with Gasteiger partial charge in [-0.1, -0.05) is 0 Å². The highest BCUT2D eigenvalue weighted by Gasteiger charge is 2.38. The third-order valence-electron chi connectivity index (χ3n) is 5.29. The van der Waals surface area contributed by atoms with Crippen molar-refractivity contribution in [2.45, 2.75) is 35.0 Å².